The van der Waals surface area contributed by atoms with Crippen LogP contribution in [-0.4, -0.2) is 25.2 Å². The lowest BCUT2D eigenvalue weighted by atomic mass is 10.0. The van der Waals surface area contributed by atoms with Gasteiger partial charge in [0.05, 0.1) is 6.10 Å². The first-order chi connectivity index (χ1) is 8.68. The van der Waals surface area contributed by atoms with Gasteiger partial charge in [0.2, 0.25) is 5.91 Å². The summed E-state index contributed by atoms with van der Waals surface area (Å²) in [4.78, 5) is 11.9. The van der Waals surface area contributed by atoms with E-state index in [2.05, 4.69) is 5.32 Å². The summed E-state index contributed by atoms with van der Waals surface area (Å²) in [6, 6.07) is 8.82. The van der Waals surface area contributed by atoms with Crippen LogP contribution in [0.15, 0.2) is 30.3 Å². The van der Waals surface area contributed by atoms with E-state index in [1.165, 1.54) is 0 Å². The number of carbonyl (C=O) groups excluding carboxylic acids is 1. The topological polar surface area (TPSA) is 64.3 Å². The van der Waals surface area contributed by atoms with E-state index in [1.807, 2.05) is 37.3 Å². The third kappa shape index (κ3) is 3.09. The smallest absolute Gasteiger partial charge is 0.241 e. The van der Waals surface area contributed by atoms with E-state index < -0.39 is 6.04 Å². The van der Waals surface area contributed by atoms with Crippen LogP contribution in [0, 0.1) is 5.92 Å². The number of benzene rings is 1. The fourth-order valence-corrected chi connectivity index (χ4v) is 2.20. The van der Waals surface area contributed by atoms with Crippen molar-refractivity contribution in [2.24, 2.45) is 11.7 Å². The van der Waals surface area contributed by atoms with Crippen LogP contribution in [0.4, 0.5) is 0 Å². The molecule has 0 aromatic heterocycles. The van der Waals surface area contributed by atoms with Crippen molar-refractivity contribution in [2.45, 2.75) is 25.5 Å². The molecule has 1 aliphatic rings. The van der Waals surface area contributed by atoms with Gasteiger partial charge in [0.15, 0.2) is 0 Å². The second-order valence-electron chi connectivity index (χ2n) is 4.76. The summed E-state index contributed by atoms with van der Waals surface area (Å²) >= 11 is 0. The van der Waals surface area contributed by atoms with Gasteiger partial charge < -0.3 is 15.8 Å². The zero-order valence-electron chi connectivity index (χ0n) is 10.6. The molecule has 98 valence electrons. The lowest BCUT2D eigenvalue weighted by molar-refractivity contribution is -0.122. The first-order valence-corrected chi connectivity index (χ1v) is 6.38. The van der Waals surface area contributed by atoms with Gasteiger partial charge in [-0.25, -0.2) is 0 Å². The fourth-order valence-electron chi connectivity index (χ4n) is 2.20. The third-order valence-electron chi connectivity index (χ3n) is 3.51. The zero-order chi connectivity index (χ0) is 13.0. The van der Waals surface area contributed by atoms with Crippen molar-refractivity contribution >= 4 is 5.91 Å². The van der Waals surface area contributed by atoms with Crippen LogP contribution < -0.4 is 11.1 Å². The Balaban J connectivity index is 1.84. The van der Waals surface area contributed by atoms with Crippen molar-refractivity contribution in [1.29, 1.82) is 0 Å². The highest BCUT2D eigenvalue weighted by molar-refractivity contribution is 5.82. The largest absolute Gasteiger partial charge is 0.378 e. The summed E-state index contributed by atoms with van der Waals surface area (Å²) in [6.45, 7) is 3.47. The first-order valence-electron chi connectivity index (χ1n) is 6.38. The maximum absolute atomic E-state index is 11.9. The molecule has 1 fully saturated rings. The standard InChI is InChI=1S/C14H20N2O2/c1-10-12(7-8-18-10)9-16-14(17)13(15)11-5-3-2-4-6-11/h2-6,10,12-13H,7-9,15H2,1H3,(H,16,17). The van der Waals surface area contributed by atoms with Crippen molar-refractivity contribution in [3.63, 3.8) is 0 Å². The summed E-state index contributed by atoms with van der Waals surface area (Å²) in [7, 11) is 0. The van der Waals surface area contributed by atoms with E-state index in [0.717, 1.165) is 18.6 Å². The summed E-state index contributed by atoms with van der Waals surface area (Å²) in [5.74, 6) is 0.275. The van der Waals surface area contributed by atoms with Crippen molar-refractivity contribution in [3.05, 3.63) is 35.9 Å². The molecule has 4 heteroatoms. The molecule has 1 saturated heterocycles. The van der Waals surface area contributed by atoms with Crippen LogP contribution in [0.1, 0.15) is 24.9 Å². The van der Waals surface area contributed by atoms with Crippen LogP contribution >= 0.6 is 0 Å². The molecule has 0 saturated carbocycles. The van der Waals surface area contributed by atoms with Gasteiger partial charge in [0.1, 0.15) is 6.04 Å². The van der Waals surface area contributed by atoms with Gasteiger partial charge in [0.25, 0.3) is 0 Å². The van der Waals surface area contributed by atoms with Gasteiger partial charge in [-0.15, -0.1) is 0 Å². The molecule has 0 radical (unpaired) electrons. The van der Waals surface area contributed by atoms with Gasteiger partial charge in [0, 0.05) is 19.1 Å². The van der Waals surface area contributed by atoms with Gasteiger partial charge in [-0.3, -0.25) is 4.79 Å². The lowest BCUT2D eigenvalue weighted by Crippen LogP contribution is -2.38. The molecule has 4 nitrogen and oxygen atoms in total. The van der Waals surface area contributed by atoms with Gasteiger partial charge in [-0.05, 0) is 18.9 Å². The average molecular weight is 248 g/mol. The van der Waals surface area contributed by atoms with E-state index in [0.29, 0.717) is 12.5 Å². The minimum Gasteiger partial charge on any atom is -0.378 e. The number of rotatable bonds is 4. The monoisotopic (exact) mass is 248 g/mol. The molecular formula is C14H20N2O2. The molecule has 3 N–H and O–H groups in total. The molecule has 3 unspecified atom stereocenters. The summed E-state index contributed by atoms with van der Waals surface area (Å²) < 4.78 is 5.46. The van der Waals surface area contributed by atoms with E-state index in [4.69, 9.17) is 10.5 Å². The highest BCUT2D eigenvalue weighted by Crippen LogP contribution is 2.19. The molecule has 0 spiro atoms. The lowest BCUT2D eigenvalue weighted by Gasteiger charge is -2.17. The normalized spacial score (nSPS) is 24.8. The number of nitrogens with two attached hydrogens (primary N) is 1. The Kier molecular flexibility index (Phi) is 4.33. The highest BCUT2D eigenvalue weighted by atomic mass is 16.5. The van der Waals surface area contributed by atoms with E-state index in [1.54, 1.807) is 0 Å². The number of nitrogens with one attached hydrogen (secondary N) is 1. The predicted octanol–water partition coefficient (Wildman–Crippen LogP) is 1.23. The summed E-state index contributed by atoms with van der Waals surface area (Å²) in [5, 5.41) is 2.91. The Morgan fingerprint density at radius 1 is 1.50 bits per heavy atom. The number of ether oxygens (including phenoxy) is 1. The molecule has 1 amide bonds. The SMILES string of the molecule is CC1OCCC1CNC(=O)C(N)c1ccccc1. The number of carbonyl (C=O) groups is 1. The molecule has 3 atom stereocenters. The minimum absolute atomic E-state index is 0.125. The Bertz CT molecular complexity index is 394. The Morgan fingerprint density at radius 3 is 2.83 bits per heavy atom. The van der Waals surface area contributed by atoms with Crippen LogP contribution in [0.2, 0.25) is 0 Å². The van der Waals surface area contributed by atoms with Crippen molar-refractivity contribution in [3.8, 4) is 0 Å². The molecular weight excluding hydrogens is 228 g/mol. The second kappa shape index (κ2) is 5.98. The van der Waals surface area contributed by atoms with E-state index in [-0.39, 0.29) is 12.0 Å². The van der Waals surface area contributed by atoms with Gasteiger partial charge in [-0.1, -0.05) is 30.3 Å². The van der Waals surface area contributed by atoms with E-state index >= 15 is 0 Å². The van der Waals surface area contributed by atoms with Gasteiger partial charge >= 0.3 is 0 Å². The Hall–Kier alpha value is -1.39. The maximum Gasteiger partial charge on any atom is 0.241 e. The van der Waals surface area contributed by atoms with E-state index in [9.17, 15) is 4.79 Å². The Morgan fingerprint density at radius 2 is 2.22 bits per heavy atom. The van der Waals surface area contributed by atoms with Crippen LogP contribution in [0.25, 0.3) is 0 Å². The molecule has 18 heavy (non-hydrogen) atoms. The van der Waals surface area contributed by atoms with Crippen LogP contribution in [-0.2, 0) is 9.53 Å². The average Bonchev–Trinajstić information content (AvgIpc) is 2.81. The Labute approximate surface area is 108 Å². The number of hydrogen-bond acceptors (Lipinski definition) is 3. The van der Waals surface area contributed by atoms with Crippen molar-refractivity contribution in [2.75, 3.05) is 13.2 Å². The molecule has 1 aliphatic heterocycles. The van der Waals surface area contributed by atoms with Gasteiger partial charge in [-0.2, -0.15) is 0 Å². The van der Waals surface area contributed by atoms with Crippen LogP contribution in [0.5, 0.6) is 0 Å². The summed E-state index contributed by atoms with van der Waals surface area (Å²) in [6.07, 6.45) is 1.22. The molecule has 1 aromatic carbocycles. The number of hydrogen-bond donors (Lipinski definition) is 2. The van der Waals surface area contributed by atoms with Crippen LogP contribution in [0.3, 0.4) is 0 Å². The number of amides is 1. The highest BCUT2D eigenvalue weighted by Gasteiger charge is 2.25. The third-order valence-corrected chi connectivity index (χ3v) is 3.51. The maximum atomic E-state index is 11.9. The molecule has 0 bridgehead atoms. The summed E-state index contributed by atoms with van der Waals surface area (Å²) in [5.41, 5.74) is 6.75. The molecule has 0 aliphatic carbocycles. The molecule has 1 heterocycles. The molecule has 1 aromatic rings. The predicted molar refractivity (Wildman–Crippen MR) is 69.9 cm³/mol. The quantitative estimate of drug-likeness (QED) is 0.842. The molecule has 2 rings (SSSR count). The fraction of sp³-hybridized carbons (Fsp3) is 0.500. The van der Waals surface area contributed by atoms with Crippen molar-refractivity contribution < 1.29 is 9.53 Å². The van der Waals surface area contributed by atoms with Crippen molar-refractivity contribution in [1.82, 2.24) is 5.32 Å². The first kappa shape index (κ1) is 13.1. The minimum atomic E-state index is -0.594. The second-order valence-corrected chi connectivity index (χ2v) is 4.76. The zero-order valence-corrected chi connectivity index (χ0v) is 10.6.